The Morgan fingerprint density at radius 1 is 0.857 bits per heavy atom. The number of aliphatic hydroxyl groups is 1. The van der Waals surface area contributed by atoms with Crippen LogP contribution in [-0.4, -0.2) is 10.9 Å². The molecule has 2 heteroatoms. The lowest BCUT2D eigenvalue weighted by Crippen LogP contribution is -2.29. The SMILES string of the molecule is OC1(OCc2ccccc2)C=CC(c2ccccc2)C=C1. The summed E-state index contributed by atoms with van der Waals surface area (Å²) in [4.78, 5) is 0. The molecule has 0 bridgehead atoms. The van der Waals surface area contributed by atoms with Crippen molar-refractivity contribution >= 4 is 0 Å². The molecule has 1 aliphatic carbocycles. The first-order valence-electron chi connectivity index (χ1n) is 7.09. The summed E-state index contributed by atoms with van der Waals surface area (Å²) in [5, 5.41) is 10.4. The van der Waals surface area contributed by atoms with Gasteiger partial charge in [-0.2, -0.15) is 0 Å². The molecule has 0 aromatic heterocycles. The summed E-state index contributed by atoms with van der Waals surface area (Å²) in [7, 11) is 0. The molecule has 0 heterocycles. The smallest absolute Gasteiger partial charge is 0.205 e. The van der Waals surface area contributed by atoms with Crippen LogP contribution in [0.4, 0.5) is 0 Å². The van der Waals surface area contributed by atoms with Gasteiger partial charge >= 0.3 is 0 Å². The molecule has 0 aliphatic heterocycles. The number of rotatable bonds is 4. The van der Waals surface area contributed by atoms with E-state index in [-0.39, 0.29) is 5.92 Å². The molecule has 2 aromatic rings. The molecule has 0 saturated carbocycles. The van der Waals surface area contributed by atoms with Gasteiger partial charge in [0.2, 0.25) is 5.79 Å². The van der Waals surface area contributed by atoms with E-state index in [1.54, 1.807) is 12.2 Å². The number of hydrogen-bond acceptors (Lipinski definition) is 2. The van der Waals surface area contributed by atoms with E-state index in [1.807, 2.05) is 60.7 Å². The Hall–Kier alpha value is -2.16. The molecule has 106 valence electrons. The maximum atomic E-state index is 10.4. The van der Waals surface area contributed by atoms with Gasteiger partial charge in [0.05, 0.1) is 6.61 Å². The average Bonchev–Trinajstić information content (AvgIpc) is 2.56. The van der Waals surface area contributed by atoms with Crippen LogP contribution in [0.3, 0.4) is 0 Å². The summed E-state index contributed by atoms with van der Waals surface area (Å²) in [5.74, 6) is -1.13. The Balaban J connectivity index is 1.65. The maximum absolute atomic E-state index is 10.4. The lowest BCUT2D eigenvalue weighted by molar-refractivity contribution is -0.139. The molecule has 21 heavy (non-hydrogen) atoms. The average molecular weight is 278 g/mol. The Bertz CT molecular complexity index is 615. The van der Waals surface area contributed by atoms with Crippen molar-refractivity contribution < 1.29 is 9.84 Å². The van der Waals surface area contributed by atoms with Crippen molar-refractivity contribution in [2.45, 2.75) is 18.3 Å². The highest BCUT2D eigenvalue weighted by Crippen LogP contribution is 2.27. The van der Waals surface area contributed by atoms with Gasteiger partial charge in [0.15, 0.2) is 0 Å². The van der Waals surface area contributed by atoms with E-state index < -0.39 is 5.79 Å². The molecular formula is C19H18O2. The zero-order chi connectivity index (χ0) is 14.5. The van der Waals surface area contributed by atoms with Gasteiger partial charge in [-0.3, -0.25) is 0 Å². The van der Waals surface area contributed by atoms with Crippen LogP contribution < -0.4 is 0 Å². The van der Waals surface area contributed by atoms with Crippen LogP contribution in [0.1, 0.15) is 17.0 Å². The van der Waals surface area contributed by atoms with Crippen LogP contribution in [0, 0.1) is 0 Å². The minimum absolute atomic E-state index is 0.187. The van der Waals surface area contributed by atoms with Crippen molar-refractivity contribution in [1.82, 2.24) is 0 Å². The number of hydrogen-bond donors (Lipinski definition) is 1. The van der Waals surface area contributed by atoms with Crippen molar-refractivity contribution in [1.29, 1.82) is 0 Å². The molecule has 0 saturated heterocycles. The predicted octanol–water partition coefficient (Wildman–Crippen LogP) is 3.80. The molecule has 0 unspecified atom stereocenters. The third-order valence-electron chi connectivity index (χ3n) is 3.58. The highest BCUT2D eigenvalue weighted by molar-refractivity contribution is 5.33. The van der Waals surface area contributed by atoms with Crippen molar-refractivity contribution in [2.75, 3.05) is 0 Å². The van der Waals surface area contributed by atoms with Crippen LogP contribution in [0.25, 0.3) is 0 Å². The molecular weight excluding hydrogens is 260 g/mol. The summed E-state index contributed by atoms with van der Waals surface area (Å²) in [6.07, 6.45) is 7.38. The Morgan fingerprint density at radius 3 is 2.05 bits per heavy atom. The zero-order valence-electron chi connectivity index (χ0n) is 11.7. The highest BCUT2D eigenvalue weighted by Gasteiger charge is 2.24. The highest BCUT2D eigenvalue weighted by atomic mass is 16.6. The topological polar surface area (TPSA) is 29.5 Å². The van der Waals surface area contributed by atoms with Gasteiger partial charge in [-0.1, -0.05) is 72.8 Å². The number of allylic oxidation sites excluding steroid dienone is 2. The van der Waals surface area contributed by atoms with E-state index >= 15 is 0 Å². The van der Waals surface area contributed by atoms with E-state index in [2.05, 4.69) is 12.1 Å². The van der Waals surface area contributed by atoms with Crippen molar-refractivity contribution in [3.05, 3.63) is 96.1 Å². The van der Waals surface area contributed by atoms with Gasteiger partial charge in [0.25, 0.3) is 0 Å². The Morgan fingerprint density at radius 2 is 1.43 bits per heavy atom. The van der Waals surface area contributed by atoms with E-state index in [4.69, 9.17) is 4.74 Å². The van der Waals surface area contributed by atoms with Crippen LogP contribution in [0.2, 0.25) is 0 Å². The first kappa shape index (κ1) is 13.8. The second-order valence-corrected chi connectivity index (χ2v) is 5.18. The fraction of sp³-hybridized carbons (Fsp3) is 0.158. The largest absolute Gasteiger partial charge is 0.359 e. The quantitative estimate of drug-likeness (QED) is 0.681. The van der Waals surface area contributed by atoms with Crippen molar-refractivity contribution in [2.24, 2.45) is 0 Å². The van der Waals surface area contributed by atoms with Crippen LogP contribution in [0.5, 0.6) is 0 Å². The standard InChI is InChI=1S/C19H18O2/c20-19(21-15-16-7-3-1-4-8-16)13-11-18(12-14-19)17-9-5-2-6-10-17/h1-14,18,20H,15H2. The summed E-state index contributed by atoms with van der Waals surface area (Å²) < 4.78 is 5.62. The fourth-order valence-electron chi connectivity index (χ4n) is 2.37. The summed E-state index contributed by atoms with van der Waals surface area (Å²) in [6, 6.07) is 20.0. The lowest BCUT2D eigenvalue weighted by atomic mass is 9.93. The van der Waals surface area contributed by atoms with Gasteiger partial charge in [0, 0.05) is 5.92 Å². The van der Waals surface area contributed by atoms with Crippen molar-refractivity contribution in [3.63, 3.8) is 0 Å². The maximum Gasteiger partial charge on any atom is 0.205 e. The van der Waals surface area contributed by atoms with Crippen molar-refractivity contribution in [3.8, 4) is 0 Å². The third-order valence-corrected chi connectivity index (χ3v) is 3.58. The second kappa shape index (κ2) is 6.08. The van der Waals surface area contributed by atoms with Crippen LogP contribution in [-0.2, 0) is 11.3 Å². The monoisotopic (exact) mass is 278 g/mol. The molecule has 0 spiro atoms. The molecule has 0 amide bonds. The lowest BCUT2D eigenvalue weighted by Gasteiger charge is -2.26. The molecule has 2 nitrogen and oxygen atoms in total. The molecule has 1 N–H and O–H groups in total. The van der Waals surface area contributed by atoms with E-state index in [0.717, 1.165) is 5.56 Å². The molecule has 2 aromatic carbocycles. The summed E-state index contributed by atoms with van der Waals surface area (Å²) in [6.45, 7) is 0.377. The summed E-state index contributed by atoms with van der Waals surface area (Å²) >= 11 is 0. The Kier molecular flexibility index (Phi) is 4.00. The summed E-state index contributed by atoms with van der Waals surface area (Å²) in [5.41, 5.74) is 2.24. The molecule has 1 aliphatic rings. The molecule has 0 fully saturated rings. The molecule has 0 atom stereocenters. The van der Waals surface area contributed by atoms with Crippen LogP contribution in [0.15, 0.2) is 85.0 Å². The Labute approximate surface area is 125 Å². The van der Waals surface area contributed by atoms with E-state index in [1.165, 1.54) is 5.56 Å². The third kappa shape index (κ3) is 3.48. The zero-order valence-corrected chi connectivity index (χ0v) is 11.7. The second-order valence-electron chi connectivity index (χ2n) is 5.18. The normalized spacial score (nSPS) is 24.1. The van der Waals surface area contributed by atoms with Gasteiger partial charge in [0.1, 0.15) is 0 Å². The van der Waals surface area contributed by atoms with E-state index in [9.17, 15) is 5.11 Å². The first-order chi connectivity index (χ1) is 10.3. The number of benzene rings is 2. The minimum Gasteiger partial charge on any atom is -0.359 e. The van der Waals surface area contributed by atoms with E-state index in [0.29, 0.717) is 6.61 Å². The number of ether oxygens (including phenoxy) is 1. The predicted molar refractivity (Wildman–Crippen MR) is 83.6 cm³/mol. The van der Waals surface area contributed by atoms with Gasteiger partial charge < -0.3 is 9.84 Å². The first-order valence-corrected chi connectivity index (χ1v) is 7.09. The van der Waals surface area contributed by atoms with Gasteiger partial charge in [-0.15, -0.1) is 0 Å². The molecule has 0 radical (unpaired) electrons. The fourth-order valence-corrected chi connectivity index (χ4v) is 2.37. The van der Waals surface area contributed by atoms with Gasteiger partial charge in [-0.05, 0) is 23.3 Å². The molecule has 3 rings (SSSR count). The minimum atomic E-state index is -1.32. The van der Waals surface area contributed by atoms with Crippen LogP contribution >= 0.6 is 0 Å². The van der Waals surface area contributed by atoms with Gasteiger partial charge in [-0.25, -0.2) is 0 Å².